The number of carbonyl (C=O) groups excluding carboxylic acids is 1. The highest BCUT2D eigenvalue weighted by Crippen LogP contribution is 2.31. The van der Waals surface area contributed by atoms with Gasteiger partial charge in [-0.1, -0.05) is 23.7 Å². The van der Waals surface area contributed by atoms with E-state index in [9.17, 15) is 14.7 Å². The number of amides is 1. The maximum Gasteiger partial charge on any atom is 0.311 e. The monoisotopic (exact) mass is 327 g/mol. The van der Waals surface area contributed by atoms with Crippen molar-refractivity contribution in [3.05, 3.63) is 29.3 Å². The fourth-order valence-corrected chi connectivity index (χ4v) is 3.56. The molecule has 0 aliphatic carbocycles. The minimum Gasteiger partial charge on any atom is -0.481 e. The third kappa shape index (κ3) is 3.92. The first-order chi connectivity index (χ1) is 9.92. The van der Waals surface area contributed by atoms with Gasteiger partial charge in [0, 0.05) is 18.0 Å². The number of hydrogen-bond donors (Lipinski definition) is 1. The molecule has 1 aliphatic heterocycles. The Hall–Kier alpha value is -1.20. The molecular formula is C15H18ClNO3S. The van der Waals surface area contributed by atoms with Crippen LogP contribution < -0.4 is 0 Å². The van der Waals surface area contributed by atoms with E-state index in [1.807, 2.05) is 18.2 Å². The summed E-state index contributed by atoms with van der Waals surface area (Å²) >= 11 is 7.44. The van der Waals surface area contributed by atoms with Crippen LogP contribution in [0.5, 0.6) is 0 Å². The summed E-state index contributed by atoms with van der Waals surface area (Å²) in [6, 6.07) is 7.38. The predicted octanol–water partition coefficient (Wildman–Crippen LogP) is 3.15. The molecule has 1 saturated heterocycles. The van der Waals surface area contributed by atoms with E-state index >= 15 is 0 Å². The highest BCUT2D eigenvalue weighted by Gasteiger charge is 2.39. The molecular weight excluding hydrogens is 310 g/mol. The van der Waals surface area contributed by atoms with Crippen LogP contribution in [0.15, 0.2) is 29.2 Å². The topological polar surface area (TPSA) is 57.6 Å². The molecule has 1 fully saturated rings. The molecule has 2 rings (SSSR count). The number of aliphatic carboxylic acids is 1. The number of benzene rings is 1. The van der Waals surface area contributed by atoms with Crippen LogP contribution in [0.4, 0.5) is 0 Å². The zero-order valence-corrected chi connectivity index (χ0v) is 13.4. The van der Waals surface area contributed by atoms with Crippen molar-refractivity contribution in [1.29, 1.82) is 0 Å². The molecule has 1 aromatic rings. The average molecular weight is 328 g/mol. The second-order valence-electron chi connectivity index (χ2n) is 5.50. The van der Waals surface area contributed by atoms with E-state index in [1.54, 1.807) is 17.9 Å². The molecule has 0 aromatic heterocycles. The Morgan fingerprint density at radius 1 is 1.43 bits per heavy atom. The number of likely N-dealkylation sites (tertiary alicyclic amines) is 1. The lowest BCUT2D eigenvalue weighted by Gasteiger charge is -2.37. The Balaban J connectivity index is 1.94. The van der Waals surface area contributed by atoms with Crippen molar-refractivity contribution in [3.63, 3.8) is 0 Å². The maximum atomic E-state index is 12.3. The third-order valence-corrected chi connectivity index (χ3v) is 5.25. The minimum absolute atomic E-state index is 0.0351. The van der Waals surface area contributed by atoms with E-state index < -0.39 is 11.4 Å². The summed E-state index contributed by atoms with van der Waals surface area (Å²) in [5, 5.41) is 9.91. The lowest BCUT2D eigenvalue weighted by Crippen LogP contribution is -2.48. The number of piperidine rings is 1. The van der Waals surface area contributed by atoms with Crippen LogP contribution in [0.2, 0.25) is 5.02 Å². The Labute approximate surface area is 133 Å². The van der Waals surface area contributed by atoms with Crippen molar-refractivity contribution in [2.24, 2.45) is 5.41 Å². The van der Waals surface area contributed by atoms with Crippen LogP contribution in [0.25, 0.3) is 0 Å². The summed E-state index contributed by atoms with van der Waals surface area (Å²) in [5.41, 5.74) is -0.830. The van der Waals surface area contributed by atoms with Crippen LogP contribution in [-0.2, 0) is 9.59 Å². The molecule has 0 spiro atoms. The van der Waals surface area contributed by atoms with Crippen LogP contribution in [-0.4, -0.2) is 40.7 Å². The molecule has 4 nitrogen and oxygen atoms in total. The largest absolute Gasteiger partial charge is 0.481 e. The van der Waals surface area contributed by atoms with Gasteiger partial charge in [-0.3, -0.25) is 9.59 Å². The van der Waals surface area contributed by atoms with Crippen molar-refractivity contribution in [1.82, 2.24) is 4.90 Å². The predicted molar refractivity (Wildman–Crippen MR) is 83.7 cm³/mol. The normalized spacial score (nSPS) is 22.1. The molecule has 0 saturated carbocycles. The molecule has 21 heavy (non-hydrogen) atoms. The number of carboxylic acids is 1. The SMILES string of the molecule is CC1(C(=O)O)CCCN(C(=O)CSc2ccccc2Cl)C1. The second-order valence-corrected chi connectivity index (χ2v) is 6.93. The van der Waals surface area contributed by atoms with Crippen LogP contribution in [0.1, 0.15) is 19.8 Å². The third-order valence-electron chi connectivity index (χ3n) is 3.75. The Morgan fingerprint density at radius 2 is 2.14 bits per heavy atom. The summed E-state index contributed by atoms with van der Waals surface area (Å²) in [5.74, 6) is -0.592. The first-order valence-corrected chi connectivity index (χ1v) is 8.17. The summed E-state index contributed by atoms with van der Waals surface area (Å²) in [6.07, 6.45) is 1.34. The fourth-order valence-electron chi connectivity index (χ4n) is 2.42. The number of rotatable bonds is 4. The fraction of sp³-hybridized carbons (Fsp3) is 0.467. The standard InChI is InChI=1S/C15H18ClNO3S/c1-15(14(19)20)7-4-8-17(10-15)13(18)9-21-12-6-3-2-5-11(12)16/h2-3,5-6H,4,7-10H2,1H3,(H,19,20). The Bertz CT molecular complexity index is 551. The van der Waals surface area contributed by atoms with Crippen molar-refractivity contribution in [2.75, 3.05) is 18.8 Å². The van der Waals surface area contributed by atoms with Crippen molar-refractivity contribution in [2.45, 2.75) is 24.7 Å². The van der Waals surface area contributed by atoms with E-state index in [2.05, 4.69) is 0 Å². The molecule has 114 valence electrons. The highest BCUT2D eigenvalue weighted by atomic mass is 35.5. The van der Waals surface area contributed by atoms with Gasteiger partial charge in [0.2, 0.25) is 5.91 Å². The van der Waals surface area contributed by atoms with Gasteiger partial charge < -0.3 is 10.0 Å². The van der Waals surface area contributed by atoms with E-state index in [-0.39, 0.29) is 18.2 Å². The number of carbonyl (C=O) groups is 2. The Morgan fingerprint density at radius 3 is 2.81 bits per heavy atom. The van der Waals surface area contributed by atoms with Gasteiger partial charge in [-0.2, -0.15) is 0 Å². The zero-order valence-electron chi connectivity index (χ0n) is 11.8. The number of hydrogen-bond acceptors (Lipinski definition) is 3. The molecule has 6 heteroatoms. The molecule has 1 aromatic carbocycles. The van der Waals surface area contributed by atoms with Crippen molar-refractivity contribution < 1.29 is 14.7 Å². The van der Waals surface area contributed by atoms with E-state index in [4.69, 9.17) is 11.6 Å². The van der Waals surface area contributed by atoms with Gasteiger partial charge in [0.15, 0.2) is 0 Å². The smallest absolute Gasteiger partial charge is 0.311 e. The molecule has 1 amide bonds. The Kier molecular flexibility index (Phi) is 5.17. The van der Waals surface area contributed by atoms with Crippen LogP contribution in [0, 0.1) is 5.41 Å². The van der Waals surface area contributed by atoms with Gasteiger partial charge >= 0.3 is 5.97 Å². The van der Waals surface area contributed by atoms with E-state index in [0.717, 1.165) is 11.3 Å². The average Bonchev–Trinajstić information content (AvgIpc) is 2.46. The highest BCUT2D eigenvalue weighted by molar-refractivity contribution is 8.00. The number of carboxylic acid groups (broad SMARTS) is 1. The van der Waals surface area contributed by atoms with Gasteiger partial charge in [0.1, 0.15) is 0 Å². The van der Waals surface area contributed by atoms with Gasteiger partial charge in [-0.25, -0.2) is 0 Å². The number of thioether (sulfide) groups is 1. The van der Waals surface area contributed by atoms with E-state index in [1.165, 1.54) is 11.8 Å². The van der Waals surface area contributed by atoms with Crippen LogP contribution in [0.3, 0.4) is 0 Å². The number of halogens is 1. The van der Waals surface area contributed by atoms with E-state index in [0.29, 0.717) is 18.0 Å². The number of nitrogens with zero attached hydrogens (tertiary/aromatic N) is 1. The molecule has 1 N–H and O–H groups in total. The molecule has 0 bridgehead atoms. The second kappa shape index (κ2) is 6.71. The summed E-state index contributed by atoms with van der Waals surface area (Å²) in [7, 11) is 0. The lowest BCUT2D eigenvalue weighted by atomic mass is 9.82. The van der Waals surface area contributed by atoms with Gasteiger partial charge in [0.05, 0.1) is 16.2 Å². The molecule has 1 heterocycles. The molecule has 1 aliphatic rings. The first kappa shape index (κ1) is 16.2. The van der Waals surface area contributed by atoms with Crippen LogP contribution >= 0.6 is 23.4 Å². The first-order valence-electron chi connectivity index (χ1n) is 6.81. The maximum absolute atomic E-state index is 12.3. The molecule has 0 radical (unpaired) electrons. The van der Waals surface area contributed by atoms with Crippen molar-refractivity contribution >= 4 is 35.2 Å². The quantitative estimate of drug-likeness (QED) is 0.863. The molecule has 1 unspecified atom stereocenters. The lowest BCUT2D eigenvalue weighted by molar-refractivity contribution is -0.153. The summed E-state index contributed by atoms with van der Waals surface area (Å²) < 4.78 is 0. The van der Waals surface area contributed by atoms with Crippen molar-refractivity contribution in [3.8, 4) is 0 Å². The van der Waals surface area contributed by atoms with Gasteiger partial charge in [-0.05, 0) is 31.9 Å². The zero-order chi connectivity index (χ0) is 15.5. The summed E-state index contributed by atoms with van der Waals surface area (Å²) in [6.45, 7) is 2.62. The van der Waals surface area contributed by atoms with Gasteiger partial charge in [-0.15, -0.1) is 11.8 Å². The molecule has 1 atom stereocenters. The summed E-state index contributed by atoms with van der Waals surface area (Å²) in [4.78, 5) is 26.1. The minimum atomic E-state index is -0.834. The van der Waals surface area contributed by atoms with Gasteiger partial charge in [0.25, 0.3) is 0 Å².